The number of rotatable bonds is 5. The predicted octanol–water partition coefficient (Wildman–Crippen LogP) is 2.41. The maximum atomic E-state index is 5.43. The van der Waals surface area contributed by atoms with Crippen LogP contribution in [-0.4, -0.2) is 6.54 Å². The number of hydrogen-bond donors (Lipinski definition) is 1. The molecular formula is C9H21N. The highest BCUT2D eigenvalue weighted by molar-refractivity contribution is 4.61. The lowest BCUT2D eigenvalue weighted by molar-refractivity contribution is 0.343. The third kappa shape index (κ3) is 3.89. The van der Waals surface area contributed by atoms with Crippen molar-refractivity contribution < 1.29 is 0 Å². The molecule has 0 rings (SSSR count). The van der Waals surface area contributed by atoms with Crippen LogP contribution in [0.25, 0.3) is 0 Å². The molecule has 62 valence electrons. The molecule has 0 aromatic heterocycles. The molecule has 0 aromatic carbocycles. The Kier molecular flexibility index (Phi) is 5.70. The fourth-order valence-electron chi connectivity index (χ4n) is 1.39. The quantitative estimate of drug-likeness (QED) is 0.628. The number of nitrogens with two attached hydrogens (primary N) is 1. The summed E-state index contributed by atoms with van der Waals surface area (Å²) in [6.07, 6.45) is 3.80. The lowest BCUT2D eigenvalue weighted by atomic mass is 9.89. The van der Waals surface area contributed by atoms with Gasteiger partial charge in [-0.3, -0.25) is 0 Å². The van der Waals surface area contributed by atoms with Crippen molar-refractivity contribution in [1.82, 2.24) is 0 Å². The normalized spacial score (nSPS) is 14.1. The van der Waals surface area contributed by atoms with Crippen LogP contribution in [0.3, 0.4) is 0 Å². The molecule has 0 aromatic rings. The summed E-state index contributed by atoms with van der Waals surface area (Å²) in [6, 6.07) is 0. The summed E-state index contributed by atoms with van der Waals surface area (Å²) in [4.78, 5) is 0. The summed E-state index contributed by atoms with van der Waals surface area (Å²) in [7, 11) is 0. The van der Waals surface area contributed by atoms with Gasteiger partial charge >= 0.3 is 0 Å². The zero-order valence-corrected chi connectivity index (χ0v) is 7.56. The minimum atomic E-state index is 0.830. The summed E-state index contributed by atoms with van der Waals surface area (Å²) in [6.45, 7) is 7.71. The van der Waals surface area contributed by atoms with Gasteiger partial charge in [-0.1, -0.05) is 27.2 Å². The Balaban J connectivity index is 3.40. The highest BCUT2D eigenvalue weighted by atomic mass is 14.5. The summed E-state index contributed by atoms with van der Waals surface area (Å²) >= 11 is 0. The van der Waals surface area contributed by atoms with Crippen LogP contribution < -0.4 is 5.73 Å². The first-order chi connectivity index (χ1) is 4.72. The highest BCUT2D eigenvalue weighted by Gasteiger charge is 2.08. The molecule has 1 unspecified atom stereocenters. The van der Waals surface area contributed by atoms with Crippen LogP contribution in [0.1, 0.15) is 40.0 Å². The van der Waals surface area contributed by atoms with Gasteiger partial charge in [-0.25, -0.2) is 0 Å². The molecule has 0 saturated heterocycles. The zero-order chi connectivity index (χ0) is 7.98. The van der Waals surface area contributed by atoms with Crippen molar-refractivity contribution in [3.8, 4) is 0 Å². The topological polar surface area (TPSA) is 26.0 Å². The Morgan fingerprint density at radius 3 is 2.20 bits per heavy atom. The van der Waals surface area contributed by atoms with Crippen molar-refractivity contribution >= 4 is 0 Å². The summed E-state index contributed by atoms with van der Waals surface area (Å²) in [5.41, 5.74) is 5.43. The van der Waals surface area contributed by atoms with Crippen LogP contribution in [0, 0.1) is 11.8 Å². The molecule has 0 bridgehead atoms. The maximum Gasteiger partial charge on any atom is -0.00772 e. The van der Waals surface area contributed by atoms with Crippen LogP contribution in [0.2, 0.25) is 0 Å². The fraction of sp³-hybridized carbons (Fsp3) is 1.00. The second-order valence-corrected chi connectivity index (χ2v) is 3.34. The Morgan fingerprint density at radius 2 is 1.90 bits per heavy atom. The molecule has 0 saturated carbocycles. The molecule has 0 amide bonds. The summed E-state index contributed by atoms with van der Waals surface area (Å²) < 4.78 is 0. The van der Waals surface area contributed by atoms with Crippen molar-refractivity contribution in [2.24, 2.45) is 17.6 Å². The van der Waals surface area contributed by atoms with E-state index in [2.05, 4.69) is 20.8 Å². The van der Waals surface area contributed by atoms with Crippen LogP contribution >= 0.6 is 0 Å². The molecule has 1 atom stereocenters. The van der Waals surface area contributed by atoms with Gasteiger partial charge in [-0.05, 0) is 31.2 Å². The van der Waals surface area contributed by atoms with Crippen LogP contribution in [0.15, 0.2) is 0 Å². The van der Waals surface area contributed by atoms with Gasteiger partial charge < -0.3 is 5.73 Å². The predicted molar refractivity (Wildman–Crippen MR) is 46.9 cm³/mol. The van der Waals surface area contributed by atoms with E-state index in [0.29, 0.717) is 0 Å². The zero-order valence-electron chi connectivity index (χ0n) is 7.56. The van der Waals surface area contributed by atoms with Gasteiger partial charge in [-0.2, -0.15) is 0 Å². The minimum Gasteiger partial charge on any atom is -0.330 e. The second kappa shape index (κ2) is 5.72. The summed E-state index contributed by atoms with van der Waals surface area (Å²) in [5, 5.41) is 0. The first kappa shape index (κ1) is 9.96. The van der Waals surface area contributed by atoms with E-state index in [1.54, 1.807) is 0 Å². The Hall–Kier alpha value is -0.0400. The van der Waals surface area contributed by atoms with Gasteiger partial charge in [0.25, 0.3) is 0 Å². The smallest absolute Gasteiger partial charge is 0.00772 e. The monoisotopic (exact) mass is 143 g/mol. The second-order valence-electron chi connectivity index (χ2n) is 3.34. The largest absolute Gasteiger partial charge is 0.330 e. The molecular weight excluding hydrogens is 122 g/mol. The van der Waals surface area contributed by atoms with Crippen molar-refractivity contribution in [2.45, 2.75) is 40.0 Å². The molecule has 0 aliphatic carbocycles. The lowest BCUT2D eigenvalue weighted by Crippen LogP contribution is -2.10. The maximum absolute atomic E-state index is 5.43. The van der Waals surface area contributed by atoms with E-state index in [1.165, 1.54) is 19.3 Å². The molecule has 0 aliphatic heterocycles. The van der Waals surface area contributed by atoms with Crippen molar-refractivity contribution in [3.63, 3.8) is 0 Å². The van der Waals surface area contributed by atoms with Crippen LogP contribution in [0.4, 0.5) is 0 Å². The Morgan fingerprint density at radius 1 is 1.30 bits per heavy atom. The van der Waals surface area contributed by atoms with Gasteiger partial charge in [-0.15, -0.1) is 0 Å². The molecule has 0 radical (unpaired) electrons. The standard InChI is InChI=1S/C9H21N/c1-4-9(8(2)3)6-5-7-10/h8-9H,4-7,10H2,1-3H3. The van der Waals surface area contributed by atoms with E-state index in [1.807, 2.05) is 0 Å². The van der Waals surface area contributed by atoms with Gasteiger partial charge in [0.2, 0.25) is 0 Å². The molecule has 2 N–H and O–H groups in total. The first-order valence-corrected chi connectivity index (χ1v) is 4.42. The molecule has 0 spiro atoms. The fourth-order valence-corrected chi connectivity index (χ4v) is 1.39. The van der Waals surface area contributed by atoms with E-state index < -0.39 is 0 Å². The molecule has 0 aliphatic rings. The number of hydrogen-bond acceptors (Lipinski definition) is 1. The molecule has 0 fully saturated rings. The molecule has 10 heavy (non-hydrogen) atoms. The van der Waals surface area contributed by atoms with Crippen molar-refractivity contribution in [2.75, 3.05) is 6.54 Å². The highest BCUT2D eigenvalue weighted by Crippen LogP contribution is 2.19. The van der Waals surface area contributed by atoms with E-state index in [0.717, 1.165) is 18.4 Å². The van der Waals surface area contributed by atoms with Crippen molar-refractivity contribution in [3.05, 3.63) is 0 Å². The Labute approximate surface area is 65.0 Å². The minimum absolute atomic E-state index is 0.830. The van der Waals surface area contributed by atoms with E-state index in [9.17, 15) is 0 Å². The average molecular weight is 143 g/mol. The Bertz CT molecular complexity index is 69.1. The molecule has 1 heteroatoms. The third-order valence-electron chi connectivity index (χ3n) is 2.25. The van der Waals surface area contributed by atoms with Gasteiger partial charge in [0.1, 0.15) is 0 Å². The third-order valence-corrected chi connectivity index (χ3v) is 2.25. The summed E-state index contributed by atoms with van der Waals surface area (Å²) in [5.74, 6) is 1.72. The average Bonchev–Trinajstić information content (AvgIpc) is 1.89. The molecule has 1 nitrogen and oxygen atoms in total. The van der Waals surface area contributed by atoms with Crippen LogP contribution in [0.5, 0.6) is 0 Å². The SMILES string of the molecule is CCC(CCCN)C(C)C. The molecule has 0 heterocycles. The van der Waals surface area contributed by atoms with Crippen LogP contribution in [-0.2, 0) is 0 Å². The van der Waals surface area contributed by atoms with Gasteiger partial charge in [0.15, 0.2) is 0 Å². The van der Waals surface area contributed by atoms with E-state index in [-0.39, 0.29) is 0 Å². The lowest BCUT2D eigenvalue weighted by Gasteiger charge is -2.17. The van der Waals surface area contributed by atoms with E-state index >= 15 is 0 Å². The van der Waals surface area contributed by atoms with Crippen molar-refractivity contribution in [1.29, 1.82) is 0 Å². The van der Waals surface area contributed by atoms with Gasteiger partial charge in [0, 0.05) is 0 Å². The van der Waals surface area contributed by atoms with Gasteiger partial charge in [0.05, 0.1) is 0 Å². The van der Waals surface area contributed by atoms with E-state index in [4.69, 9.17) is 5.73 Å². The first-order valence-electron chi connectivity index (χ1n) is 4.42.